The zero-order valence-corrected chi connectivity index (χ0v) is 13.0. The number of carbonyl (C=O) groups excluding carboxylic acids is 1. The van der Waals surface area contributed by atoms with Gasteiger partial charge in [-0.05, 0) is 67.2 Å². The van der Waals surface area contributed by atoms with Crippen LogP contribution in [0.3, 0.4) is 0 Å². The van der Waals surface area contributed by atoms with Gasteiger partial charge in [0.2, 0.25) is 0 Å². The predicted octanol–water partition coefficient (Wildman–Crippen LogP) is 4.51. The van der Waals surface area contributed by atoms with Crippen molar-refractivity contribution in [2.75, 3.05) is 0 Å². The first-order chi connectivity index (χ1) is 8.50. The van der Waals surface area contributed by atoms with Crippen LogP contribution in [0.1, 0.15) is 43.5 Å². The summed E-state index contributed by atoms with van der Waals surface area (Å²) in [4.78, 5) is 14.5. The highest BCUT2D eigenvalue weighted by Crippen LogP contribution is 2.27. The molecular formula is C14H17BrClNO. The normalized spacial score (nSPS) is 24.1. The second-order valence-corrected chi connectivity index (χ2v) is 6.23. The molecule has 1 aromatic rings. The summed E-state index contributed by atoms with van der Waals surface area (Å²) in [6, 6.07) is 5.99. The van der Waals surface area contributed by atoms with Crippen molar-refractivity contribution in [2.24, 2.45) is 0 Å². The Bertz CT molecular complexity index is 453. The van der Waals surface area contributed by atoms with Crippen LogP contribution in [-0.4, -0.2) is 22.9 Å². The fourth-order valence-electron chi connectivity index (χ4n) is 2.60. The van der Waals surface area contributed by atoms with E-state index in [1.165, 1.54) is 6.42 Å². The molecule has 2 nitrogen and oxygen atoms in total. The smallest absolute Gasteiger partial charge is 0.254 e. The molecule has 1 heterocycles. The van der Waals surface area contributed by atoms with E-state index < -0.39 is 0 Å². The van der Waals surface area contributed by atoms with Crippen molar-refractivity contribution >= 4 is 33.4 Å². The van der Waals surface area contributed by atoms with Crippen LogP contribution in [-0.2, 0) is 0 Å². The lowest BCUT2D eigenvalue weighted by Crippen LogP contribution is -2.47. The van der Waals surface area contributed by atoms with E-state index in [1.54, 1.807) is 18.2 Å². The Labute approximate surface area is 121 Å². The molecule has 1 amide bonds. The number of amides is 1. The van der Waals surface area contributed by atoms with Crippen molar-refractivity contribution in [1.29, 1.82) is 0 Å². The Morgan fingerprint density at radius 3 is 2.50 bits per heavy atom. The number of hydrogen-bond donors (Lipinski definition) is 0. The molecular weight excluding hydrogens is 314 g/mol. The molecule has 1 aromatic carbocycles. The van der Waals surface area contributed by atoms with Crippen molar-refractivity contribution in [1.82, 2.24) is 4.90 Å². The minimum absolute atomic E-state index is 0.104. The first kappa shape index (κ1) is 13.9. The Balaban J connectivity index is 2.26. The second kappa shape index (κ2) is 5.62. The van der Waals surface area contributed by atoms with Gasteiger partial charge in [0, 0.05) is 22.1 Å². The summed E-state index contributed by atoms with van der Waals surface area (Å²) in [6.07, 6.45) is 3.38. The molecule has 0 bridgehead atoms. The van der Waals surface area contributed by atoms with Crippen LogP contribution in [0.5, 0.6) is 0 Å². The van der Waals surface area contributed by atoms with Gasteiger partial charge in [0.05, 0.1) is 5.02 Å². The summed E-state index contributed by atoms with van der Waals surface area (Å²) in [5.74, 6) is 0.104. The molecule has 0 aliphatic carbocycles. The third-order valence-electron chi connectivity index (χ3n) is 3.59. The Morgan fingerprint density at radius 1 is 1.33 bits per heavy atom. The standard InChI is InChI=1S/C14H17BrClNO/c1-9-4-3-5-10(2)17(9)14(18)11-6-7-13(16)12(15)8-11/h6-10H,3-5H2,1-2H3/t9-,10+. The van der Waals surface area contributed by atoms with Crippen LogP contribution in [0.2, 0.25) is 5.02 Å². The number of benzene rings is 1. The number of nitrogens with zero attached hydrogens (tertiary/aromatic N) is 1. The average Bonchev–Trinajstić information content (AvgIpc) is 2.32. The van der Waals surface area contributed by atoms with Gasteiger partial charge in [-0.3, -0.25) is 4.79 Å². The van der Waals surface area contributed by atoms with Crippen molar-refractivity contribution in [3.8, 4) is 0 Å². The Hall–Kier alpha value is -0.540. The van der Waals surface area contributed by atoms with Crippen LogP contribution in [0.4, 0.5) is 0 Å². The molecule has 4 heteroatoms. The van der Waals surface area contributed by atoms with E-state index in [0.29, 0.717) is 22.7 Å². The first-order valence-corrected chi connectivity index (χ1v) is 7.45. The van der Waals surface area contributed by atoms with Crippen LogP contribution in [0.15, 0.2) is 22.7 Å². The molecule has 0 saturated carbocycles. The topological polar surface area (TPSA) is 20.3 Å². The molecule has 98 valence electrons. The largest absolute Gasteiger partial charge is 0.333 e. The molecule has 2 rings (SSSR count). The summed E-state index contributed by atoms with van der Waals surface area (Å²) in [6.45, 7) is 4.25. The molecule has 0 radical (unpaired) electrons. The first-order valence-electron chi connectivity index (χ1n) is 6.28. The van der Waals surface area contributed by atoms with E-state index in [1.807, 2.05) is 4.90 Å². The molecule has 18 heavy (non-hydrogen) atoms. The molecule has 0 unspecified atom stereocenters. The maximum absolute atomic E-state index is 12.5. The predicted molar refractivity (Wildman–Crippen MR) is 78.1 cm³/mol. The quantitative estimate of drug-likeness (QED) is 0.742. The summed E-state index contributed by atoms with van der Waals surface area (Å²) in [5.41, 5.74) is 0.701. The van der Waals surface area contributed by atoms with Gasteiger partial charge >= 0.3 is 0 Å². The van der Waals surface area contributed by atoms with Crippen LogP contribution < -0.4 is 0 Å². The average molecular weight is 331 g/mol. The molecule has 1 fully saturated rings. The fourth-order valence-corrected chi connectivity index (χ4v) is 3.10. The molecule has 0 spiro atoms. The zero-order valence-electron chi connectivity index (χ0n) is 10.6. The van der Waals surface area contributed by atoms with E-state index >= 15 is 0 Å². The molecule has 0 N–H and O–H groups in total. The third-order valence-corrected chi connectivity index (χ3v) is 4.81. The monoisotopic (exact) mass is 329 g/mol. The number of likely N-dealkylation sites (tertiary alicyclic amines) is 1. The van der Waals surface area contributed by atoms with Crippen molar-refractivity contribution in [3.63, 3.8) is 0 Å². The van der Waals surface area contributed by atoms with Crippen LogP contribution in [0, 0.1) is 0 Å². The minimum atomic E-state index is 0.104. The number of carbonyl (C=O) groups is 1. The van der Waals surface area contributed by atoms with Gasteiger partial charge in [-0.2, -0.15) is 0 Å². The SMILES string of the molecule is C[C@@H]1CCC[C@H](C)N1C(=O)c1ccc(Cl)c(Br)c1. The zero-order chi connectivity index (χ0) is 13.3. The minimum Gasteiger partial charge on any atom is -0.333 e. The summed E-state index contributed by atoms with van der Waals surface area (Å²) < 4.78 is 0.771. The molecule has 1 aliphatic heterocycles. The van der Waals surface area contributed by atoms with Crippen molar-refractivity contribution < 1.29 is 4.79 Å². The molecule has 1 saturated heterocycles. The number of hydrogen-bond acceptors (Lipinski definition) is 1. The van der Waals surface area contributed by atoms with Crippen LogP contribution in [0.25, 0.3) is 0 Å². The van der Waals surface area contributed by atoms with Gasteiger partial charge in [-0.25, -0.2) is 0 Å². The van der Waals surface area contributed by atoms with Crippen molar-refractivity contribution in [2.45, 2.75) is 45.2 Å². The van der Waals surface area contributed by atoms with Crippen molar-refractivity contribution in [3.05, 3.63) is 33.3 Å². The highest BCUT2D eigenvalue weighted by molar-refractivity contribution is 9.10. The Morgan fingerprint density at radius 2 is 1.94 bits per heavy atom. The van der Waals surface area contributed by atoms with E-state index in [0.717, 1.165) is 17.3 Å². The van der Waals surface area contributed by atoms with Gasteiger partial charge in [0.15, 0.2) is 0 Å². The van der Waals surface area contributed by atoms with Gasteiger partial charge in [-0.15, -0.1) is 0 Å². The van der Waals surface area contributed by atoms with Crippen LogP contribution >= 0.6 is 27.5 Å². The lowest BCUT2D eigenvalue weighted by Gasteiger charge is -2.39. The van der Waals surface area contributed by atoms with E-state index in [2.05, 4.69) is 29.8 Å². The molecule has 2 atom stereocenters. The van der Waals surface area contributed by atoms with E-state index in [-0.39, 0.29) is 5.91 Å². The maximum Gasteiger partial charge on any atom is 0.254 e. The lowest BCUT2D eigenvalue weighted by molar-refractivity contribution is 0.0510. The van der Waals surface area contributed by atoms with E-state index in [4.69, 9.17) is 11.6 Å². The van der Waals surface area contributed by atoms with E-state index in [9.17, 15) is 4.79 Å². The fraction of sp³-hybridized carbons (Fsp3) is 0.500. The summed E-state index contributed by atoms with van der Waals surface area (Å²) in [7, 11) is 0. The third kappa shape index (κ3) is 2.72. The lowest BCUT2D eigenvalue weighted by atomic mass is 9.96. The molecule has 1 aliphatic rings. The number of rotatable bonds is 1. The van der Waals surface area contributed by atoms with Gasteiger partial charge in [-0.1, -0.05) is 11.6 Å². The summed E-state index contributed by atoms with van der Waals surface area (Å²) >= 11 is 9.32. The van der Waals surface area contributed by atoms with Gasteiger partial charge in [0.1, 0.15) is 0 Å². The molecule has 0 aromatic heterocycles. The maximum atomic E-state index is 12.5. The number of piperidine rings is 1. The van der Waals surface area contributed by atoms with Gasteiger partial charge < -0.3 is 4.90 Å². The highest BCUT2D eigenvalue weighted by Gasteiger charge is 2.29. The number of halogens is 2. The van der Waals surface area contributed by atoms with Gasteiger partial charge in [0.25, 0.3) is 5.91 Å². The summed E-state index contributed by atoms with van der Waals surface area (Å²) in [5, 5.41) is 0.631. The second-order valence-electron chi connectivity index (χ2n) is 4.97. The highest BCUT2D eigenvalue weighted by atomic mass is 79.9. The Kier molecular flexibility index (Phi) is 4.33.